The maximum absolute atomic E-state index is 13.9. The summed E-state index contributed by atoms with van der Waals surface area (Å²) in [5.41, 5.74) is 1.56. The Balaban J connectivity index is 1.53. The highest BCUT2D eigenvalue weighted by molar-refractivity contribution is 5.29. The van der Waals surface area contributed by atoms with Crippen LogP contribution in [0.15, 0.2) is 78.9 Å². The van der Waals surface area contributed by atoms with Gasteiger partial charge in [0.25, 0.3) is 0 Å². The number of piperidine rings is 1. The Labute approximate surface area is 191 Å². The second-order valence-corrected chi connectivity index (χ2v) is 8.61. The van der Waals surface area contributed by atoms with E-state index in [9.17, 15) is 17.6 Å². The van der Waals surface area contributed by atoms with Crippen LogP contribution in [0.1, 0.15) is 47.6 Å². The van der Waals surface area contributed by atoms with Gasteiger partial charge in [-0.1, -0.05) is 60.7 Å². The zero-order chi connectivity index (χ0) is 23.4. The molecule has 1 unspecified atom stereocenters. The molecule has 0 amide bonds. The van der Waals surface area contributed by atoms with Gasteiger partial charge in [-0.05, 0) is 48.2 Å². The molecule has 0 saturated carbocycles. The summed E-state index contributed by atoms with van der Waals surface area (Å²) in [6.07, 6.45) is -4.73. The fourth-order valence-electron chi connectivity index (χ4n) is 4.52. The molecule has 0 bridgehead atoms. The molecule has 2 nitrogen and oxygen atoms in total. The number of hydrogen-bond acceptors (Lipinski definition) is 2. The summed E-state index contributed by atoms with van der Waals surface area (Å²) in [5.74, 6) is -0.852. The van der Waals surface area contributed by atoms with Gasteiger partial charge in [-0.3, -0.25) is 4.90 Å². The number of rotatable bonds is 6. The highest BCUT2D eigenvalue weighted by atomic mass is 19.4. The van der Waals surface area contributed by atoms with Gasteiger partial charge in [0.05, 0.1) is 17.8 Å². The van der Waals surface area contributed by atoms with Crippen molar-refractivity contribution in [3.63, 3.8) is 0 Å². The van der Waals surface area contributed by atoms with Crippen LogP contribution in [0.5, 0.6) is 0 Å². The lowest BCUT2D eigenvalue weighted by molar-refractivity contribution is -0.138. The first-order valence-corrected chi connectivity index (χ1v) is 11.1. The molecule has 1 heterocycles. The van der Waals surface area contributed by atoms with Crippen LogP contribution in [0, 0.1) is 5.82 Å². The van der Waals surface area contributed by atoms with Gasteiger partial charge in [0.1, 0.15) is 5.82 Å². The minimum absolute atomic E-state index is 0.0572. The van der Waals surface area contributed by atoms with Crippen molar-refractivity contribution in [1.29, 1.82) is 0 Å². The van der Waals surface area contributed by atoms with Crippen LogP contribution in [0.2, 0.25) is 0 Å². The molecule has 0 aromatic heterocycles. The number of halogens is 4. The Hall–Kier alpha value is -2.70. The van der Waals surface area contributed by atoms with E-state index < -0.39 is 23.7 Å². The van der Waals surface area contributed by atoms with E-state index in [-0.39, 0.29) is 17.6 Å². The van der Waals surface area contributed by atoms with E-state index >= 15 is 0 Å². The van der Waals surface area contributed by atoms with Crippen molar-refractivity contribution in [2.24, 2.45) is 0 Å². The Morgan fingerprint density at radius 3 is 2.30 bits per heavy atom. The SMILES string of the molecule is CC(O[C@H]1CCN(Cc2ccccc2)C[C@H]1c1ccccc1)c1cc(F)cc(C(F)(F)F)c1. The van der Waals surface area contributed by atoms with Crippen molar-refractivity contribution in [1.82, 2.24) is 4.90 Å². The topological polar surface area (TPSA) is 12.5 Å². The van der Waals surface area contributed by atoms with Gasteiger partial charge in [-0.25, -0.2) is 4.39 Å². The zero-order valence-electron chi connectivity index (χ0n) is 18.4. The van der Waals surface area contributed by atoms with Crippen molar-refractivity contribution in [3.8, 4) is 0 Å². The minimum atomic E-state index is -4.61. The van der Waals surface area contributed by atoms with Crippen LogP contribution in [0.4, 0.5) is 17.6 Å². The fourth-order valence-corrected chi connectivity index (χ4v) is 4.52. The van der Waals surface area contributed by atoms with Gasteiger partial charge in [0.15, 0.2) is 0 Å². The van der Waals surface area contributed by atoms with Gasteiger partial charge in [-0.15, -0.1) is 0 Å². The molecular formula is C27H27F4NO. The number of alkyl halides is 3. The lowest BCUT2D eigenvalue weighted by Gasteiger charge is -2.40. The molecule has 3 aromatic rings. The normalized spacial score (nSPS) is 20.5. The maximum Gasteiger partial charge on any atom is 0.416 e. The predicted octanol–water partition coefficient (Wildman–Crippen LogP) is 6.98. The molecule has 1 saturated heterocycles. The largest absolute Gasteiger partial charge is 0.416 e. The molecule has 4 rings (SSSR count). The molecule has 0 spiro atoms. The molecule has 1 fully saturated rings. The van der Waals surface area contributed by atoms with E-state index in [0.29, 0.717) is 6.07 Å². The lowest BCUT2D eigenvalue weighted by Crippen LogP contribution is -2.42. The molecule has 3 atom stereocenters. The average Bonchev–Trinajstić information content (AvgIpc) is 2.80. The van der Waals surface area contributed by atoms with Crippen molar-refractivity contribution < 1.29 is 22.3 Å². The number of likely N-dealkylation sites (tertiary alicyclic amines) is 1. The number of nitrogens with zero attached hydrogens (tertiary/aromatic N) is 1. The summed E-state index contributed by atoms with van der Waals surface area (Å²) in [4.78, 5) is 2.38. The average molecular weight is 458 g/mol. The van der Waals surface area contributed by atoms with Gasteiger partial charge in [0, 0.05) is 25.6 Å². The van der Waals surface area contributed by atoms with E-state index in [1.54, 1.807) is 6.92 Å². The lowest BCUT2D eigenvalue weighted by atomic mass is 9.87. The zero-order valence-corrected chi connectivity index (χ0v) is 18.4. The first kappa shape index (κ1) is 23.5. The van der Waals surface area contributed by atoms with Crippen molar-refractivity contribution in [3.05, 3.63) is 107 Å². The van der Waals surface area contributed by atoms with E-state index in [4.69, 9.17) is 4.74 Å². The van der Waals surface area contributed by atoms with Gasteiger partial charge in [0.2, 0.25) is 0 Å². The quantitative estimate of drug-likeness (QED) is 0.370. The van der Waals surface area contributed by atoms with Crippen LogP contribution in [0.3, 0.4) is 0 Å². The van der Waals surface area contributed by atoms with Crippen molar-refractivity contribution >= 4 is 0 Å². The maximum atomic E-state index is 13.9. The molecule has 1 aliphatic heterocycles. The summed E-state index contributed by atoms with van der Waals surface area (Å²) in [7, 11) is 0. The van der Waals surface area contributed by atoms with Crippen LogP contribution in [-0.4, -0.2) is 24.1 Å². The second kappa shape index (κ2) is 10.1. The third kappa shape index (κ3) is 6.01. The number of hydrogen-bond donors (Lipinski definition) is 0. The van der Waals surface area contributed by atoms with Crippen LogP contribution < -0.4 is 0 Å². The smallest absolute Gasteiger partial charge is 0.370 e. The highest BCUT2D eigenvalue weighted by Gasteiger charge is 2.34. The highest BCUT2D eigenvalue weighted by Crippen LogP contribution is 2.36. The van der Waals surface area contributed by atoms with Crippen molar-refractivity contribution in [2.45, 2.75) is 44.2 Å². The molecule has 0 radical (unpaired) electrons. The predicted molar refractivity (Wildman–Crippen MR) is 120 cm³/mol. The summed E-state index contributed by atoms with van der Waals surface area (Å²) >= 11 is 0. The van der Waals surface area contributed by atoms with Crippen LogP contribution in [0.25, 0.3) is 0 Å². The van der Waals surface area contributed by atoms with Crippen LogP contribution in [-0.2, 0) is 17.5 Å². The van der Waals surface area contributed by atoms with Crippen molar-refractivity contribution in [2.75, 3.05) is 13.1 Å². The third-order valence-electron chi connectivity index (χ3n) is 6.21. The molecule has 6 heteroatoms. The Morgan fingerprint density at radius 1 is 0.970 bits per heavy atom. The first-order valence-electron chi connectivity index (χ1n) is 11.1. The fraction of sp³-hybridized carbons (Fsp3) is 0.333. The summed E-state index contributed by atoms with van der Waals surface area (Å²) in [6, 6.07) is 22.9. The number of benzene rings is 3. The summed E-state index contributed by atoms with van der Waals surface area (Å²) < 4.78 is 59.7. The molecule has 3 aromatic carbocycles. The summed E-state index contributed by atoms with van der Waals surface area (Å²) in [5, 5.41) is 0. The molecule has 0 N–H and O–H groups in total. The van der Waals surface area contributed by atoms with Gasteiger partial charge >= 0.3 is 6.18 Å². The minimum Gasteiger partial charge on any atom is -0.370 e. The molecule has 1 aliphatic rings. The Bertz CT molecular complexity index is 1040. The van der Waals surface area contributed by atoms with E-state index in [2.05, 4.69) is 29.2 Å². The summed E-state index contributed by atoms with van der Waals surface area (Å²) in [6.45, 7) is 4.10. The monoisotopic (exact) mass is 457 g/mol. The second-order valence-electron chi connectivity index (χ2n) is 8.61. The molecule has 33 heavy (non-hydrogen) atoms. The first-order chi connectivity index (χ1) is 15.8. The molecular weight excluding hydrogens is 430 g/mol. The third-order valence-corrected chi connectivity index (χ3v) is 6.21. The molecule has 0 aliphatic carbocycles. The number of ether oxygens (including phenoxy) is 1. The van der Waals surface area contributed by atoms with Crippen LogP contribution >= 0.6 is 0 Å². The van der Waals surface area contributed by atoms with E-state index in [1.165, 1.54) is 5.56 Å². The van der Waals surface area contributed by atoms with E-state index in [0.717, 1.165) is 43.8 Å². The standard InChI is InChI=1S/C27H27F4NO/c1-19(22-14-23(27(29,30)31)16-24(28)15-22)33-26-12-13-32(17-20-8-4-2-5-9-20)18-25(26)21-10-6-3-7-11-21/h2-11,14-16,19,25-26H,12-13,17-18H2,1H3/t19?,25-,26-/m0/s1. The van der Waals surface area contributed by atoms with Gasteiger partial charge in [-0.2, -0.15) is 13.2 Å². The Morgan fingerprint density at radius 2 is 1.64 bits per heavy atom. The van der Waals surface area contributed by atoms with E-state index in [1.807, 2.05) is 36.4 Å². The van der Waals surface area contributed by atoms with Gasteiger partial charge < -0.3 is 4.74 Å². The Kier molecular flexibility index (Phi) is 7.15. The molecule has 174 valence electrons.